The van der Waals surface area contributed by atoms with E-state index in [1.54, 1.807) is 12.1 Å². The van der Waals surface area contributed by atoms with Crippen molar-refractivity contribution in [3.05, 3.63) is 131 Å². The number of carbonyl (C=O) groups excluding carboxylic acids is 1. The number of benzene rings is 4. The highest BCUT2D eigenvalue weighted by Crippen LogP contribution is 2.18. The van der Waals surface area contributed by atoms with E-state index in [0.717, 1.165) is 16.7 Å². The van der Waals surface area contributed by atoms with Crippen LogP contribution in [0.15, 0.2) is 119 Å². The van der Waals surface area contributed by atoms with Crippen LogP contribution in [0, 0.1) is 6.92 Å². The van der Waals surface area contributed by atoms with Crippen LogP contribution in [0.4, 0.5) is 0 Å². The molecule has 0 heterocycles. The fourth-order valence-corrected chi connectivity index (χ4v) is 4.90. The Balaban J connectivity index is 1.47. The molecule has 0 spiro atoms. The number of hydrogen-bond donors (Lipinski definition) is 2. The average Bonchev–Trinajstić information content (AvgIpc) is 2.93. The molecule has 1 atom stereocenters. The van der Waals surface area contributed by atoms with Crippen molar-refractivity contribution in [1.29, 1.82) is 0 Å². The third kappa shape index (κ3) is 7.61. The first-order valence-electron chi connectivity index (χ1n) is 12.1. The van der Waals surface area contributed by atoms with E-state index < -0.39 is 22.0 Å². The van der Waals surface area contributed by atoms with Crippen molar-refractivity contribution in [2.24, 2.45) is 5.10 Å². The molecule has 4 aromatic rings. The molecule has 2 N–H and O–H groups in total. The number of nitrogens with zero attached hydrogens (tertiary/aromatic N) is 1. The van der Waals surface area contributed by atoms with Gasteiger partial charge < -0.3 is 4.74 Å². The number of nitrogens with one attached hydrogen (secondary N) is 2. The Morgan fingerprint density at radius 2 is 1.45 bits per heavy atom. The Morgan fingerprint density at radius 1 is 0.842 bits per heavy atom. The van der Waals surface area contributed by atoms with Crippen molar-refractivity contribution < 1.29 is 17.9 Å². The van der Waals surface area contributed by atoms with Crippen molar-refractivity contribution in [3.63, 3.8) is 0 Å². The molecule has 38 heavy (non-hydrogen) atoms. The van der Waals surface area contributed by atoms with E-state index in [2.05, 4.69) is 15.2 Å². The minimum Gasteiger partial charge on any atom is -0.488 e. The zero-order valence-corrected chi connectivity index (χ0v) is 21.8. The number of amides is 1. The molecule has 0 saturated heterocycles. The van der Waals surface area contributed by atoms with Gasteiger partial charge in [0.05, 0.1) is 11.1 Å². The number of ether oxygens (including phenoxy) is 1. The lowest BCUT2D eigenvalue weighted by molar-refractivity contribution is -0.122. The summed E-state index contributed by atoms with van der Waals surface area (Å²) in [5.74, 6) is 0.0266. The van der Waals surface area contributed by atoms with Crippen LogP contribution >= 0.6 is 0 Å². The summed E-state index contributed by atoms with van der Waals surface area (Å²) in [5, 5.41) is 4.09. The summed E-state index contributed by atoms with van der Waals surface area (Å²) in [5.41, 5.74) is 5.92. The monoisotopic (exact) mass is 527 g/mol. The van der Waals surface area contributed by atoms with Crippen molar-refractivity contribution >= 4 is 22.1 Å². The van der Waals surface area contributed by atoms with Crippen LogP contribution in [0.2, 0.25) is 0 Å². The van der Waals surface area contributed by atoms with Gasteiger partial charge in [0.2, 0.25) is 10.0 Å². The van der Waals surface area contributed by atoms with E-state index >= 15 is 0 Å². The lowest BCUT2D eigenvalue weighted by Gasteiger charge is -2.17. The van der Waals surface area contributed by atoms with Crippen LogP contribution in [0.1, 0.15) is 22.3 Å². The van der Waals surface area contributed by atoms with Gasteiger partial charge in [-0.1, -0.05) is 90.5 Å². The van der Waals surface area contributed by atoms with Crippen molar-refractivity contribution in [1.82, 2.24) is 10.1 Å². The van der Waals surface area contributed by atoms with E-state index in [0.29, 0.717) is 17.9 Å². The van der Waals surface area contributed by atoms with Crippen molar-refractivity contribution in [2.45, 2.75) is 30.9 Å². The summed E-state index contributed by atoms with van der Waals surface area (Å²) in [6.45, 7) is 2.26. The Labute approximate surface area is 223 Å². The van der Waals surface area contributed by atoms with E-state index in [1.165, 1.54) is 18.3 Å². The molecule has 0 aromatic heterocycles. The molecule has 4 aromatic carbocycles. The maximum atomic E-state index is 13.1. The third-order valence-corrected chi connectivity index (χ3v) is 7.25. The van der Waals surface area contributed by atoms with Gasteiger partial charge in [0.25, 0.3) is 5.91 Å². The Hall–Kier alpha value is -4.27. The number of hydrogen-bond acceptors (Lipinski definition) is 5. The lowest BCUT2D eigenvalue weighted by Crippen LogP contribution is -2.46. The van der Waals surface area contributed by atoms with Gasteiger partial charge in [0.15, 0.2) is 0 Å². The largest absolute Gasteiger partial charge is 0.488 e. The Kier molecular flexibility index (Phi) is 9.02. The average molecular weight is 528 g/mol. The minimum absolute atomic E-state index is 0.0851. The molecule has 0 radical (unpaired) electrons. The van der Waals surface area contributed by atoms with Crippen LogP contribution < -0.4 is 14.9 Å². The van der Waals surface area contributed by atoms with Crippen LogP contribution in [0.5, 0.6) is 5.75 Å². The SMILES string of the molecule is Cc1ccc(S(=O)(=O)NC(Cc2ccccc2)C(=O)NN=Cc2ccccc2OCc2ccccc2)cc1. The van der Waals surface area contributed by atoms with Crippen molar-refractivity contribution in [2.75, 3.05) is 0 Å². The van der Waals surface area contributed by atoms with Gasteiger partial charge in [-0.3, -0.25) is 4.79 Å². The summed E-state index contributed by atoms with van der Waals surface area (Å²) < 4.78 is 34.5. The summed E-state index contributed by atoms with van der Waals surface area (Å²) in [6, 6.07) is 31.7. The maximum Gasteiger partial charge on any atom is 0.258 e. The molecule has 0 saturated carbocycles. The molecule has 4 rings (SSSR count). The van der Waals surface area contributed by atoms with Gasteiger partial charge in [0.1, 0.15) is 18.4 Å². The number of aryl methyl sites for hydroxylation is 1. The highest BCUT2D eigenvalue weighted by Gasteiger charge is 2.26. The molecule has 0 aliphatic heterocycles. The predicted molar refractivity (Wildman–Crippen MR) is 148 cm³/mol. The molecule has 194 valence electrons. The van der Waals surface area contributed by atoms with E-state index in [9.17, 15) is 13.2 Å². The number of para-hydroxylation sites is 1. The van der Waals surface area contributed by atoms with Gasteiger partial charge in [-0.25, -0.2) is 13.8 Å². The van der Waals surface area contributed by atoms with Gasteiger partial charge >= 0.3 is 0 Å². The zero-order chi connectivity index (χ0) is 26.8. The Bertz CT molecular complexity index is 1470. The second-order valence-corrected chi connectivity index (χ2v) is 10.4. The fourth-order valence-electron chi connectivity index (χ4n) is 3.71. The topological polar surface area (TPSA) is 96.9 Å². The summed E-state index contributed by atoms with van der Waals surface area (Å²) in [6.07, 6.45) is 1.64. The molecule has 0 fully saturated rings. The first kappa shape index (κ1) is 26.8. The van der Waals surface area contributed by atoms with Gasteiger partial charge in [0, 0.05) is 5.56 Å². The summed E-state index contributed by atoms with van der Waals surface area (Å²) >= 11 is 0. The molecule has 1 unspecified atom stereocenters. The molecular weight excluding hydrogens is 498 g/mol. The molecule has 0 aliphatic rings. The second kappa shape index (κ2) is 12.8. The summed E-state index contributed by atoms with van der Waals surface area (Å²) in [4.78, 5) is 13.2. The molecule has 0 bridgehead atoms. The number of carbonyl (C=O) groups is 1. The van der Waals surface area contributed by atoms with Gasteiger partial charge in [-0.2, -0.15) is 9.82 Å². The number of sulfonamides is 1. The number of rotatable bonds is 11. The quantitative estimate of drug-likeness (QED) is 0.220. The van der Waals surface area contributed by atoms with E-state index in [1.807, 2.05) is 91.9 Å². The van der Waals surface area contributed by atoms with E-state index in [-0.39, 0.29) is 11.3 Å². The smallest absolute Gasteiger partial charge is 0.258 e. The van der Waals surface area contributed by atoms with Gasteiger partial charge in [-0.05, 0) is 48.7 Å². The van der Waals surface area contributed by atoms with Crippen LogP contribution in [-0.4, -0.2) is 26.6 Å². The predicted octanol–water partition coefficient (Wildman–Crippen LogP) is 4.61. The molecule has 0 aliphatic carbocycles. The lowest BCUT2D eigenvalue weighted by atomic mass is 10.1. The number of hydrazone groups is 1. The third-order valence-electron chi connectivity index (χ3n) is 5.76. The first-order chi connectivity index (χ1) is 18.4. The second-order valence-electron chi connectivity index (χ2n) is 8.72. The summed E-state index contributed by atoms with van der Waals surface area (Å²) in [7, 11) is -3.94. The maximum absolute atomic E-state index is 13.1. The van der Waals surface area contributed by atoms with Gasteiger partial charge in [-0.15, -0.1) is 0 Å². The Morgan fingerprint density at radius 3 is 2.13 bits per heavy atom. The normalized spacial score (nSPS) is 12.2. The molecular formula is C30H29N3O4S. The first-order valence-corrected chi connectivity index (χ1v) is 13.6. The van der Waals surface area contributed by atoms with Crippen LogP contribution in [0.3, 0.4) is 0 Å². The van der Waals surface area contributed by atoms with Crippen LogP contribution in [0.25, 0.3) is 0 Å². The fraction of sp³-hybridized carbons (Fsp3) is 0.133. The van der Waals surface area contributed by atoms with E-state index in [4.69, 9.17) is 4.74 Å². The molecule has 8 heteroatoms. The zero-order valence-electron chi connectivity index (χ0n) is 20.9. The highest BCUT2D eigenvalue weighted by atomic mass is 32.2. The molecule has 1 amide bonds. The van der Waals surface area contributed by atoms with Crippen LogP contribution in [-0.2, 0) is 27.8 Å². The standard InChI is InChI=1S/C30H29N3O4S/c1-23-16-18-27(19-17-23)38(35,36)33-28(20-24-10-4-2-5-11-24)30(34)32-31-21-26-14-8-9-15-29(26)37-22-25-12-6-3-7-13-25/h2-19,21,28,33H,20,22H2,1H3,(H,32,34). The highest BCUT2D eigenvalue weighted by molar-refractivity contribution is 7.89. The molecule has 7 nitrogen and oxygen atoms in total. The minimum atomic E-state index is -3.94. The van der Waals surface area contributed by atoms with Crippen molar-refractivity contribution in [3.8, 4) is 5.75 Å².